The summed E-state index contributed by atoms with van der Waals surface area (Å²) in [6.45, 7) is 0. The number of hydrogen-bond donors (Lipinski definition) is 2. The Morgan fingerprint density at radius 3 is 2.89 bits per heavy atom. The molecule has 2 rings (SSSR count). The second kappa shape index (κ2) is 7.78. The first kappa shape index (κ1) is 16.3. The molecule has 0 spiro atoms. The molecule has 0 bridgehead atoms. The summed E-state index contributed by atoms with van der Waals surface area (Å²) in [5.41, 5.74) is 6.80. The van der Waals surface area contributed by atoms with Crippen LogP contribution in [0.25, 0.3) is 0 Å². The van der Waals surface area contributed by atoms with Crippen LogP contribution in [0.3, 0.4) is 0 Å². The van der Waals surface area contributed by atoms with Crippen LogP contribution in [0.4, 0.5) is 5.69 Å². The van der Waals surface area contributed by atoms with Gasteiger partial charge in [0.2, 0.25) is 5.91 Å². The number of amides is 1. The van der Waals surface area contributed by atoms with Gasteiger partial charge in [-0.25, -0.2) is 0 Å². The lowest BCUT2D eigenvalue weighted by Crippen LogP contribution is -2.34. The van der Waals surface area contributed by atoms with Crippen LogP contribution in [0.1, 0.15) is 25.7 Å². The van der Waals surface area contributed by atoms with Gasteiger partial charge in [0.25, 0.3) is 0 Å². The number of anilines is 1. The van der Waals surface area contributed by atoms with E-state index in [0.717, 1.165) is 36.3 Å². The molecule has 0 aliphatic heterocycles. The zero-order chi connectivity index (χ0) is 13.0. The molecule has 2 unspecified atom stereocenters. The van der Waals surface area contributed by atoms with Crippen molar-refractivity contribution in [2.75, 3.05) is 11.6 Å². The van der Waals surface area contributed by atoms with Crippen LogP contribution in [-0.2, 0) is 4.79 Å². The van der Waals surface area contributed by atoms with E-state index in [1.54, 1.807) is 11.8 Å². The van der Waals surface area contributed by atoms with Crippen molar-refractivity contribution in [3.05, 3.63) is 24.3 Å². The minimum atomic E-state index is 0. The molecule has 0 radical (unpaired) electrons. The molecule has 1 saturated carbocycles. The molecule has 1 aliphatic carbocycles. The van der Waals surface area contributed by atoms with Crippen LogP contribution in [0, 0.1) is 5.92 Å². The van der Waals surface area contributed by atoms with Gasteiger partial charge in [-0.15, -0.1) is 24.2 Å². The van der Waals surface area contributed by atoms with E-state index < -0.39 is 0 Å². The van der Waals surface area contributed by atoms with E-state index in [1.807, 2.05) is 30.5 Å². The van der Waals surface area contributed by atoms with Gasteiger partial charge in [0.1, 0.15) is 0 Å². The monoisotopic (exact) mass is 300 g/mol. The number of carbonyl (C=O) groups excluding carboxylic acids is 1. The summed E-state index contributed by atoms with van der Waals surface area (Å²) < 4.78 is 0. The molecule has 3 N–H and O–H groups in total. The topological polar surface area (TPSA) is 55.1 Å². The summed E-state index contributed by atoms with van der Waals surface area (Å²) in [6, 6.07) is 8.13. The number of halogens is 1. The van der Waals surface area contributed by atoms with Crippen LogP contribution in [-0.4, -0.2) is 18.2 Å². The van der Waals surface area contributed by atoms with Gasteiger partial charge in [0.05, 0.1) is 0 Å². The SMILES string of the molecule is CSc1cccc(NC(=O)C2CCCC(N)C2)c1.Cl. The summed E-state index contributed by atoms with van der Waals surface area (Å²) >= 11 is 1.67. The fourth-order valence-electron chi connectivity index (χ4n) is 2.41. The van der Waals surface area contributed by atoms with Crippen molar-refractivity contribution in [2.24, 2.45) is 11.7 Å². The van der Waals surface area contributed by atoms with E-state index in [1.165, 1.54) is 0 Å². The molecule has 0 saturated heterocycles. The van der Waals surface area contributed by atoms with Crippen LogP contribution < -0.4 is 11.1 Å². The van der Waals surface area contributed by atoms with Gasteiger partial charge in [-0.05, 0) is 43.7 Å². The maximum Gasteiger partial charge on any atom is 0.227 e. The molecule has 3 nitrogen and oxygen atoms in total. The predicted molar refractivity (Wildman–Crippen MR) is 84.0 cm³/mol. The maximum absolute atomic E-state index is 12.1. The molecule has 1 aromatic carbocycles. The van der Waals surface area contributed by atoms with Gasteiger partial charge in [-0.1, -0.05) is 12.5 Å². The highest BCUT2D eigenvalue weighted by Gasteiger charge is 2.25. The van der Waals surface area contributed by atoms with Crippen LogP contribution >= 0.6 is 24.2 Å². The third-order valence-electron chi connectivity index (χ3n) is 3.42. The highest BCUT2D eigenvalue weighted by molar-refractivity contribution is 7.98. The van der Waals surface area contributed by atoms with E-state index in [4.69, 9.17) is 5.73 Å². The van der Waals surface area contributed by atoms with Crippen molar-refractivity contribution < 1.29 is 4.79 Å². The van der Waals surface area contributed by atoms with Crippen molar-refractivity contribution in [1.82, 2.24) is 0 Å². The molecule has 1 aromatic rings. The minimum Gasteiger partial charge on any atom is -0.328 e. The summed E-state index contributed by atoms with van der Waals surface area (Å²) in [6.07, 6.45) is 5.91. The molecule has 106 valence electrons. The largest absolute Gasteiger partial charge is 0.328 e. The van der Waals surface area contributed by atoms with Crippen molar-refractivity contribution in [3.63, 3.8) is 0 Å². The summed E-state index contributed by atoms with van der Waals surface area (Å²) in [5, 5.41) is 3.00. The molecular weight excluding hydrogens is 280 g/mol. The first-order valence-electron chi connectivity index (χ1n) is 6.39. The van der Waals surface area contributed by atoms with Gasteiger partial charge >= 0.3 is 0 Å². The fourth-order valence-corrected chi connectivity index (χ4v) is 2.87. The summed E-state index contributed by atoms with van der Waals surface area (Å²) in [4.78, 5) is 13.3. The molecule has 19 heavy (non-hydrogen) atoms. The lowest BCUT2D eigenvalue weighted by Gasteiger charge is -2.25. The van der Waals surface area contributed by atoms with Crippen molar-refractivity contribution in [1.29, 1.82) is 0 Å². The average Bonchev–Trinajstić information content (AvgIpc) is 2.39. The smallest absolute Gasteiger partial charge is 0.227 e. The van der Waals surface area contributed by atoms with E-state index >= 15 is 0 Å². The van der Waals surface area contributed by atoms with Gasteiger partial charge in [-0.3, -0.25) is 4.79 Å². The molecule has 5 heteroatoms. The zero-order valence-electron chi connectivity index (χ0n) is 11.1. The highest BCUT2D eigenvalue weighted by atomic mass is 35.5. The van der Waals surface area contributed by atoms with Crippen LogP contribution in [0.2, 0.25) is 0 Å². The van der Waals surface area contributed by atoms with E-state index in [-0.39, 0.29) is 30.3 Å². The Labute approximate surface area is 125 Å². The molecule has 2 atom stereocenters. The molecule has 0 heterocycles. The maximum atomic E-state index is 12.1. The normalized spacial score (nSPS) is 22.4. The fraction of sp³-hybridized carbons (Fsp3) is 0.500. The van der Waals surface area contributed by atoms with Crippen molar-refractivity contribution >= 4 is 35.8 Å². The molecule has 1 amide bonds. The van der Waals surface area contributed by atoms with Crippen molar-refractivity contribution in [2.45, 2.75) is 36.6 Å². The van der Waals surface area contributed by atoms with Crippen molar-refractivity contribution in [3.8, 4) is 0 Å². The molecular formula is C14H21ClN2OS. The standard InChI is InChI=1S/C14H20N2OS.ClH/c1-18-13-7-3-6-12(9-13)16-14(17)10-4-2-5-11(15)8-10;/h3,6-7,9-11H,2,4-5,8,15H2,1H3,(H,16,17);1H. The lowest BCUT2D eigenvalue weighted by molar-refractivity contribution is -0.120. The number of thioether (sulfide) groups is 1. The molecule has 1 fully saturated rings. The Kier molecular flexibility index (Phi) is 6.69. The third-order valence-corrected chi connectivity index (χ3v) is 4.15. The van der Waals surface area contributed by atoms with E-state index in [2.05, 4.69) is 5.32 Å². The third kappa shape index (κ3) is 4.71. The number of rotatable bonds is 3. The second-order valence-corrected chi connectivity index (χ2v) is 5.72. The Morgan fingerprint density at radius 2 is 2.21 bits per heavy atom. The first-order valence-corrected chi connectivity index (χ1v) is 7.62. The summed E-state index contributed by atoms with van der Waals surface area (Å²) in [5.74, 6) is 0.190. The van der Waals surface area contributed by atoms with E-state index in [9.17, 15) is 4.79 Å². The quantitative estimate of drug-likeness (QED) is 0.842. The van der Waals surface area contributed by atoms with Gasteiger partial charge in [0.15, 0.2) is 0 Å². The molecule has 1 aliphatic rings. The van der Waals surface area contributed by atoms with Gasteiger partial charge < -0.3 is 11.1 Å². The summed E-state index contributed by atoms with van der Waals surface area (Å²) in [7, 11) is 0. The van der Waals surface area contributed by atoms with Crippen LogP contribution in [0.5, 0.6) is 0 Å². The van der Waals surface area contributed by atoms with E-state index in [0.29, 0.717) is 0 Å². The van der Waals surface area contributed by atoms with Crippen LogP contribution in [0.15, 0.2) is 29.2 Å². The second-order valence-electron chi connectivity index (χ2n) is 4.84. The highest BCUT2D eigenvalue weighted by Crippen LogP contribution is 2.25. The Balaban J connectivity index is 0.00000180. The number of benzene rings is 1. The number of hydrogen-bond acceptors (Lipinski definition) is 3. The molecule has 0 aromatic heterocycles. The lowest BCUT2D eigenvalue weighted by atomic mass is 9.85. The van der Waals surface area contributed by atoms with Gasteiger partial charge in [-0.2, -0.15) is 0 Å². The number of nitrogens with two attached hydrogens (primary N) is 1. The first-order chi connectivity index (χ1) is 8.69. The predicted octanol–water partition coefficient (Wildman–Crippen LogP) is 3.29. The minimum absolute atomic E-state index is 0. The van der Waals surface area contributed by atoms with Gasteiger partial charge in [0, 0.05) is 22.5 Å². The number of nitrogens with one attached hydrogen (secondary N) is 1. The Morgan fingerprint density at radius 1 is 1.42 bits per heavy atom. The Hall–Kier alpha value is -0.710. The number of carbonyl (C=O) groups is 1. The Bertz CT molecular complexity index is 428. The average molecular weight is 301 g/mol. The zero-order valence-corrected chi connectivity index (χ0v) is 12.7.